The monoisotopic (exact) mass is 288 g/mol. The molecular weight excluding hydrogens is 264 g/mol. The average Bonchev–Trinajstić information content (AvgIpc) is 2.38. The van der Waals surface area contributed by atoms with Crippen LogP contribution in [0.25, 0.3) is 0 Å². The van der Waals surface area contributed by atoms with Crippen molar-refractivity contribution in [3.05, 3.63) is 0 Å². The number of hydrogen-bond acceptors (Lipinski definition) is 6. The zero-order valence-corrected chi connectivity index (χ0v) is 12.9. The second-order valence-electron chi connectivity index (χ2n) is 4.55. The molecule has 0 aromatic heterocycles. The zero-order valence-electron chi connectivity index (χ0n) is 12.9. The van der Waals surface area contributed by atoms with Crippen molar-refractivity contribution < 1.29 is 28.6 Å². The maximum absolute atomic E-state index is 12.1. The van der Waals surface area contributed by atoms with Crippen LogP contribution >= 0.6 is 0 Å². The average molecular weight is 288 g/mol. The third kappa shape index (κ3) is 4.51. The lowest BCUT2D eigenvalue weighted by Crippen LogP contribution is -2.45. The summed E-state index contributed by atoms with van der Waals surface area (Å²) in [6, 6.07) is 0. The van der Waals surface area contributed by atoms with Crippen LogP contribution in [0.5, 0.6) is 0 Å². The van der Waals surface area contributed by atoms with Crippen LogP contribution in [0.4, 0.5) is 0 Å². The minimum atomic E-state index is -1.52. The molecule has 0 N–H and O–H groups in total. The molecule has 0 aromatic carbocycles. The molecule has 0 amide bonds. The van der Waals surface area contributed by atoms with E-state index >= 15 is 0 Å². The molecule has 1 unspecified atom stereocenters. The number of rotatable bonds is 8. The minimum absolute atomic E-state index is 0.0536. The van der Waals surface area contributed by atoms with Gasteiger partial charge in [0.1, 0.15) is 0 Å². The van der Waals surface area contributed by atoms with Crippen molar-refractivity contribution in [1.29, 1.82) is 0 Å². The van der Waals surface area contributed by atoms with Gasteiger partial charge in [-0.2, -0.15) is 0 Å². The molecule has 0 bridgehead atoms. The molecule has 0 aliphatic rings. The van der Waals surface area contributed by atoms with Gasteiger partial charge in [-0.05, 0) is 33.6 Å². The summed E-state index contributed by atoms with van der Waals surface area (Å²) in [5.41, 5.74) is -1.52. The normalized spacial score (nSPS) is 12.4. The molecule has 0 spiro atoms. The van der Waals surface area contributed by atoms with Crippen LogP contribution in [0.1, 0.15) is 41.0 Å². The first-order chi connectivity index (χ1) is 9.34. The number of esters is 3. The standard InChI is InChI=1S/C14H24O6/c1-6-18-11(15)9-10(4)14(5,12(16)19-7-2)13(17)20-8-3/h10H,6-9H2,1-5H3. The van der Waals surface area contributed by atoms with E-state index in [1.807, 2.05) is 0 Å². The van der Waals surface area contributed by atoms with Gasteiger partial charge in [0, 0.05) is 6.42 Å². The molecule has 6 nitrogen and oxygen atoms in total. The maximum Gasteiger partial charge on any atom is 0.323 e. The Morgan fingerprint density at radius 1 is 0.900 bits per heavy atom. The van der Waals surface area contributed by atoms with Crippen molar-refractivity contribution in [3.8, 4) is 0 Å². The first-order valence-corrected chi connectivity index (χ1v) is 6.84. The second kappa shape index (κ2) is 8.55. The molecule has 1 atom stereocenters. The van der Waals surface area contributed by atoms with Crippen LogP contribution in [0, 0.1) is 11.3 Å². The Balaban J connectivity index is 5.14. The Morgan fingerprint density at radius 3 is 1.65 bits per heavy atom. The summed E-state index contributed by atoms with van der Waals surface area (Å²) in [7, 11) is 0. The van der Waals surface area contributed by atoms with Crippen molar-refractivity contribution >= 4 is 17.9 Å². The van der Waals surface area contributed by atoms with E-state index in [4.69, 9.17) is 14.2 Å². The molecule has 0 saturated carbocycles. The minimum Gasteiger partial charge on any atom is -0.466 e. The van der Waals surface area contributed by atoms with Crippen LogP contribution in [0.3, 0.4) is 0 Å². The van der Waals surface area contributed by atoms with Gasteiger partial charge in [-0.25, -0.2) is 0 Å². The summed E-state index contributed by atoms with van der Waals surface area (Å²) < 4.78 is 14.7. The Labute approximate surface area is 119 Å². The third-order valence-electron chi connectivity index (χ3n) is 3.16. The molecule has 0 radical (unpaired) electrons. The topological polar surface area (TPSA) is 78.9 Å². The van der Waals surface area contributed by atoms with Gasteiger partial charge in [0.25, 0.3) is 0 Å². The van der Waals surface area contributed by atoms with E-state index in [9.17, 15) is 14.4 Å². The highest BCUT2D eigenvalue weighted by Gasteiger charge is 2.49. The molecule has 0 saturated heterocycles. The molecule has 0 fully saturated rings. The van der Waals surface area contributed by atoms with Gasteiger partial charge in [0.2, 0.25) is 0 Å². The summed E-state index contributed by atoms with van der Waals surface area (Å²) >= 11 is 0. The highest BCUT2D eigenvalue weighted by Crippen LogP contribution is 2.33. The summed E-state index contributed by atoms with van der Waals surface area (Å²) in [4.78, 5) is 35.7. The largest absolute Gasteiger partial charge is 0.466 e. The van der Waals surface area contributed by atoms with Gasteiger partial charge in [-0.15, -0.1) is 0 Å². The van der Waals surface area contributed by atoms with E-state index in [-0.39, 0.29) is 26.2 Å². The Kier molecular flexibility index (Phi) is 7.87. The van der Waals surface area contributed by atoms with Crippen molar-refractivity contribution in [3.63, 3.8) is 0 Å². The predicted molar refractivity (Wildman–Crippen MR) is 71.8 cm³/mol. The molecule has 0 aromatic rings. The quantitative estimate of drug-likeness (QED) is 0.384. The number of hydrogen-bond donors (Lipinski definition) is 0. The van der Waals surface area contributed by atoms with Crippen molar-refractivity contribution in [2.75, 3.05) is 19.8 Å². The first-order valence-electron chi connectivity index (χ1n) is 6.84. The van der Waals surface area contributed by atoms with Crippen LogP contribution in [0.2, 0.25) is 0 Å². The van der Waals surface area contributed by atoms with E-state index in [0.717, 1.165) is 0 Å². The molecule has 0 heterocycles. The van der Waals surface area contributed by atoms with Crippen LogP contribution in [-0.2, 0) is 28.6 Å². The third-order valence-corrected chi connectivity index (χ3v) is 3.16. The van der Waals surface area contributed by atoms with Gasteiger partial charge in [0.05, 0.1) is 19.8 Å². The van der Waals surface area contributed by atoms with Gasteiger partial charge in [0.15, 0.2) is 5.41 Å². The first kappa shape index (κ1) is 18.4. The summed E-state index contributed by atoms with van der Waals surface area (Å²) in [5.74, 6) is -2.41. The number of ether oxygens (including phenoxy) is 3. The van der Waals surface area contributed by atoms with E-state index < -0.39 is 29.2 Å². The Hall–Kier alpha value is -1.59. The van der Waals surface area contributed by atoms with Crippen LogP contribution < -0.4 is 0 Å². The van der Waals surface area contributed by atoms with Gasteiger partial charge in [-0.3, -0.25) is 14.4 Å². The smallest absolute Gasteiger partial charge is 0.323 e. The van der Waals surface area contributed by atoms with Gasteiger partial charge in [-0.1, -0.05) is 6.92 Å². The van der Waals surface area contributed by atoms with Crippen molar-refractivity contribution in [2.45, 2.75) is 41.0 Å². The lowest BCUT2D eigenvalue weighted by Gasteiger charge is -2.30. The fraction of sp³-hybridized carbons (Fsp3) is 0.786. The summed E-state index contributed by atoms with van der Waals surface area (Å²) in [5, 5.41) is 0. The number of carbonyl (C=O) groups excluding carboxylic acids is 3. The van der Waals surface area contributed by atoms with Crippen molar-refractivity contribution in [2.24, 2.45) is 11.3 Å². The molecule has 0 aliphatic heterocycles. The van der Waals surface area contributed by atoms with E-state index in [0.29, 0.717) is 0 Å². The Morgan fingerprint density at radius 2 is 1.30 bits per heavy atom. The van der Waals surface area contributed by atoms with Crippen molar-refractivity contribution in [1.82, 2.24) is 0 Å². The van der Waals surface area contributed by atoms with E-state index in [2.05, 4.69) is 0 Å². The lowest BCUT2D eigenvalue weighted by atomic mass is 9.76. The summed E-state index contributed by atoms with van der Waals surface area (Å²) in [6.45, 7) is 8.62. The van der Waals surface area contributed by atoms with Gasteiger partial charge >= 0.3 is 17.9 Å². The number of carbonyl (C=O) groups is 3. The van der Waals surface area contributed by atoms with Crippen LogP contribution in [0.15, 0.2) is 0 Å². The Bertz CT molecular complexity index is 332. The molecule has 0 aliphatic carbocycles. The molecular formula is C14H24O6. The highest BCUT2D eigenvalue weighted by atomic mass is 16.6. The second-order valence-corrected chi connectivity index (χ2v) is 4.55. The fourth-order valence-electron chi connectivity index (χ4n) is 1.72. The highest BCUT2D eigenvalue weighted by molar-refractivity contribution is 6.00. The fourth-order valence-corrected chi connectivity index (χ4v) is 1.72. The van der Waals surface area contributed by atoms with E-state index in [1.54, 1.807) is 27.7 Å². The maximum atomic E-state index is 12.1. The molecule has 0 rings (SSSR count). The lowest BCUT2D eigenvalue weighted by molar-refractivity contribution is -0.175. The SMILES string of the molecule is CCOC(=O)CC(C)C(C)(C(=O)OCC)C(=O)OCC. The van der Waals surface area contributed by atoms with Crippen LogP contribution in [-0.4, -0.2) is 37.7 Å². The van der Waals surface area contributed by atoms with Gasteiger partial charge < -0.3 is 14.2 Å². The molecule has 6 heteroatoms. The predicted octanol–water partition coefficient (Wildman–Crippen LogP) is 1.71. The molecule has 20 heavy (non-hydrogen) atoms. The molecule has 116 valence electrons. The van der Waals surface area contributed by atoms with E-state index in [1.165, 1.54) is 6.92 Å². The zero-order chi connectivity index (χ0) is 15.8. The summed E-state index contributed by atoms with van der Waals surface area (Å²) in [6.07, 6.45) is -0.0536.